The molecule has 1 N–H and O–H groups in total. The highest BCUT2D eigenvalue weighted by Crippen LogP contribution is 2.15. The maximum absolute atomic E-state index is 13.1. The van der Waals surface area contributed by atoms with Crippen LogP contribution in [-0.2, 0) is 0 Å². The Morgan fingerprint density at radius 3 is 3.00 bits per heavy atom. The van der Waals surface area contributed by atoms with Crippen molar-refractivity contribution < 1.29 is 4.39 Å². The zero-order chi connectivity index (χ0) is 9.68. The fraction of sp³-hybridized carbons (Fsp3) is 0.200. The number of rotatable bonds is 3. The Morgan fingerprint density at radius 2 is 2.31 bits per heavy atom. The molecule has 1 nitrogen and oxygen atoms in total. The van der Waals surface area contributed by atoms with Gasteiger partial charge in [0.1, 0.15) is 5.82 Å². The summed E-state index contributed by atoms with van der Waals surface area (Å²) in [5.41, 5.74) is 0.516. The van der Waals surface area contributed by atoms with Crippen LogP contribution in [0.2, 0.25) is 5.02 Å². The van der Waals surface area contributed by atoms with Crippen molar-refractivity contribution >= 4 is 17.7 Å². The van der Waals surface area contributed by atoms with Crippen LogP contribution in [0.3, 0.4) is 0 Å². The molecule has 0 unspecified atom stereocenters. The lowest BCUT2D eigenvalue weighted by molar-refractivity contribution is 0.625. The fourth-order valence-corrected chi connectivity index (χ4v) is 1.13. The molecule has 0 heterocycles. The second kappa shape index (κ2) is 5.00. The Hall–Kier alpha value is -0.860. The van der Waals surface area contributed by atoms with Crippen molar-refractivity contribution in [2.75, 3.05) is 13.6 Å². The summed E-state index contributed by atoms with van der Waals surface area (Å²) in [7, 11) is 1.83. The Balaban J connectivity index is 2.81. The molecule has 0 radical (unpaired) electrons. The first kappa shape index (κ1) is 10.2. The summed E-state index contributed by atoms with van der Waals surface area (Å²) >= 11 is 5.71. The van der Waals surface area contributed by atoms with Gasteiger partial charge in [-0.25, -0.2) is 4.39 Å². The van der Waals surface area contributed by atoms with Crippen LogP contribution in [0.5, 0.6) is 0 Å². The van der Waals surface area contributed by atoms with E-state index in [4.69, 9.17) is 11.6 Å². The first-order valence-electron chi connectivity index (χ1n) is 4.00. The van der Waals surface area contributed by atoms with Gasteiger partial charge in [-0.2, -0.15) is 0 Å². The number of nitrogens with one attached hydrogen (secondary N) is 1. The molecule has 0 aromatic heterocycles. The average molecular weight is 200 g/mol. The van der Waals surface area contributed by atoms with Gasteiger partial charge in [0.05, 0.1) is 0 Å². The lowest BCUT2D eigenvalue weighted by Gasteiger charge is -1.97. The van der Waals surface area contributed by atoms with E-state index in [2.05, 4.69) is 5.32 Å². The second-order valence-corrected chi connectivity index (χ2v) is 3.06. The van der Waals surface area contributed by atoms with E-state index in [0.717, 1.165) is 0 Å². The molecule has 0 fully saturated rings. The van der Waals surface area contributed by atoms with Crippen molar-refractivity contribution in [1.82, 2.24) is 5.32 Å². The second-order valence-electron chi connectivity index (χ2n) is 2.63. The molecule has 1 aromatic rings. The standard InChI is InChI=1S/C10H11ClFN/c1-13-6-2-3-8-7-9(11)4-5-10(8)12/h2-5,7,13H,6H2,1H3. The highest BCUT2D eigenvalue weighted by molar-refractivity contribution is 6.30. The van der Waals surface area contributed by atoms with Crippen molar-refractivity contribution in [3.63, 3.8) is 0 Å². The van der Waals surface area contributed by atoms with Crippen LogP contribution in [0, 0.1) is 5.82 Å². The summed E-state index contributed by atoms with van der Waals surface area (Å²) in [6.07, 6.45) is 3.55. The van der Waals surface area contributed by atoms with Gasteiger partial charge in [-0.15, -0.1) is 0 Å². The third kappa shape index (κ3) is 3.17. The average Bonchev–Trinajstić information content (AvgIpc) is 2.11. The zero-order valence-electron chi connectivity index (χ0n) is 7.35. The van der Waals surface area contributed by atoms with E-state index >= 15 is 0 Å². The first-order chi connectivity index (χ1) is 6.24. The molecule has 3 heteroatoms. The largest absolute Gasteiger partial charge is 0.316 e. The Kier molecular flexibility index (Phi) is 3.93. The van der Waals surface area contributed by atoms with Crippen molar-refractivity contribution in [2.24, 2.45) is 0 Å². The summed E-state index contributed by atoms with van der Waals surface area (Å²) in [6.45, 7) is 0.714. The Morgan fingerprint density at radius 1 is 1.54 bits per heavy atom. The van der Waals surface area contributed by atoms with Gasteiger partial charge >= 0.3 is 0 Å². The van der Waals surface area contributed by atoms with Gasteiger partial charge in [0, 0.05) is 17.1 Å². The van der Waals surface area contributed by atoms with Crippen molar-refractivity contribution in [3.05, 3.63) is 40.7 Å². The van der Waals surface area contributed by atoms with E-state index in [0.29, 0.717) is 17.1 Å². The summed E-state index contributed by atoms with van der Waals surface area (Å²) in [6, 6.07) is 4.50. The molecule has 0 bridgehead atoms. The van der Waals surface area contributed by atoms with Gasteiger partial charge in [0.25, 0.3) is 0 Å². The van der Waals surface area contributed by atoms with Gasteiger partial charge in [-0.1, -0.05) is 23.8 Å². The molecule has 0 saturated heterocycles. The molecule has 0 atom stereocenters. The summed E-state index contributed by atoms with van der Waals surface area (Å²) in [5.74, 6) is -0.253. The third-order valence-electron chi connectivity index (χ3n) is 1.58. The van der Waals surface area contributed by atoms with E-state index in [9.17, 15) is 4.39 Å². The van der Waals surface area contributed by atoms with E-state index in [-0.39, 0.29) is 5.82 Å². The zero-order valence-corrected chi connectivity index (χ0v) is 8.11. The summed E-state index contributed by atoms with van der Waals surface area (Å²) in [4.78, 5) is 0. The van der Waals surface area contributed by atoms with Gasteiger partial charge in [0.15, 0.2) is 0 Å². The molecule has 0 spiro atoms. The number of hydrogen-bond donors (Lipinski definition) is 1. The van der Waals surface area contributed by atoms with E-state index < -0.39 is 0 Å². The van der Waals surface area contributed by atoms with Crippen LogP contribution in [0.4, 0.5) is 4.39 Å². The van der Waals surface area contributed by atoms with E-state index in [1.54, 1.807) is 12.1 Å². The van der Waals surface area contributed by atoms with Crippen LogP contribution >= 0.6 is 11.6 Å². The molecule has 1 rings (SSSR count). The number of hydrogen-bond acceptors (Lipinski definition) is 1. The molecule has 0 aliphatic carbocycles. The minimum atomic E-state index is -0.253. The summed E-state index contributed by atoms with van der Waals surface area (Å²) in [5, 5.41) is 3.48. The SMILES string of the molecule is CNCC=Cc1cc(Cl)ccc1F. The Labute approximate surface area is 82.2 Å². The molecule has 0 aliphatic rings. The molecule has 0 saturated carbocycles. The maximum Gasteiger partial charge on any atom is 0.130 e. The van der Waals surface area contributed by atoms with Gasteiger partial charge < -0.3 is 5.32 Å². The van der Waals surface area contributed by atoms with Crippen molar-refractivity contribution in [1.29, 1.82) is 0 Å². The van der Waals surface area contributed by atoms with E-state index in [1.165, 1.54) is 12.1 Å². The molecule has 0 amide bonds. The molecule has 1 aromatic carbocycles. The quantitative estimate of drug-likeness (QED) is 0.790. The number of likely N-dealkylation sites (N-methyl/N-ethyl adjacent to an activating group) is 1. The molecular weight excluding hydrogens is 189 g/mol. The molecular formula is C10H11ClFN. The van der Waals surface area contributed by atoms with E-state index in [1.807, 2.05) is 13.1 Å². The van der Waals surface area contributed by atoms with Crippen LogP contribution in [0.15, 0.2) is 24.3 Å². The lowest BCUT2D eigenvalue weighted by atomic mass is 10.2. The molecule has 70 valence electrons. The highest BCUT2D eigenvalue weighted by atomic mass is 35.5. The Bertz CT molecular complexity index is 310. The molecule has 0 aliphatic heterocycles. The number of halogens is 2. The monoisotopic (exact) mass is 199 g/mol. The lowest BCUT2D eigenvalue weighted by Crippen LogP contribution is -2.03. The normalized spacial score (nSPS) is 11.0. The van der Waals surface area contributed by atoms with Crippen molar-refractivity contribution in [3.8, 4) is 0 Å². The van der Waals surface area contributed by atoms with Crippen LogP contribution in [0.1, 0.15) is 5.56 Å². The topological polar surface area (TPSA) is 12.0 Å². The number of benzene rings is 1. The molecule has 13 heavy (non-hydrogen) atoms. The smallest absolute Gasteiger partial charge is 0.130 e. The van der Waals surface area contributed by atoms with Crippen LogP contribution in [-0.4, -0.2) is 13.6 Å². The van der Waals surface area contributed by atoms with Gasteiger partial charge in [-0.3, -0.25) is 0 Å². The van der Waals surface area contributed by atoms with Gasteiger partial charge in [-0.05, 0) is 25.2 Å². The van der Waals surface area contributed by atoms with Crippen molar-refractivity contribution in [2.45, 2.75) is 0 Å². The third-order valence-corrected chi connectivity index (χ3v) is 1.81. The minimum absolute atomic E-state index is 0.253. The fourth-order valence-electron chi connectivity index (χ4n) is 0.946. The summed E-state index contributed by atoms with van der Waals surface area (Å²) < 4.78 is 13.1. The van der Waals surface area contributed by atoms with Crippen LogP contribution in [0.25, 0.3) is 6.08 Å². The highest BCUT2D eigenvalue weighted by Gasteiger charge is 1.97. The van der Waals surface area contributed by atoms with Crippen LogP contribution < -0.4 is 5.32 Å². The predicted octanol–water partition coefficient (Wildman–Crippen LogP) is 2.71. The first-order valence-corrected chi connectivity index (χ1v) is 4.38. The van der Waals surface area contributed by atoms with Gasteiger partial charge in [0.2, 0.25) is 0 Å². The predicted molar refractivity (Wildman–Crippen MR) is 54.4 cm³/mol. The minimum Gasteiger partial charge on any atom is -0.316 e. The maximum atomic E-state index is 13.1.